The van der Waals surface area contributed by atoms with Gasteiger partial charge >= 0.3 is 118 Å². The SMILES string of the molecule is O=C([O-])C1OC(O)C(OS(=O)(=O)[O-])[C@@H](O)[C@H]1O[C@@H]1OC(COS(=O)(=O)[O-])C[C@H](O)C1NS(=O)(=O)[O-].[Na+].[Na+].[Na+].[Na+]. The minimum absolute atomic E-state index is 0. The van der Waals surface area contributed by atoms with E-state index in [1.54, 1.807) is 0 Å². The number of ether oxygens (including phenoxy) is 3. The Kier molecular flexibility index (Phi) is 22.2. The van der Waals surface area contributed by atoms with Gasteiger partial charge in [0.15, 0.2) is 29.0 Å². The molecule has 4 N–H and O–H groups in total. The third-order valence-corrected chi connectivity index (χ3v) is 5.95. The summed E-state index contributed by atoms with van der Waals surface area (Å²) in [5, 5.41) is 41.7. The maximum Gasteiger partial charge on any atom is 1.00 e. The summed E-state index contributed by atoms with van der Waals surface area (Å²) in [6, 6.07) is -2.07. The van der Waals surface area contributed by atoms with E-state index >= 15 is 0 Å². The van der Waals surface area contributed by atoms with Gasteiger partial charge in [-0.1, -0.05) is 0 Å². The second kappa shape index (κ2) is 18.7. The van der Waals surface area contributed by atoms with Gasteiger partial charge in [-0.25, -0.2) is 30.0 Å². The quantitative estimate of drug-likeness (QED) is 0.0954. The number of aliphatic carboxylic acids is 1. The summed E-state index contributed by atoms with van der Waals surface area (Å²) in [5.41, 5.74) is 0. The van der Waals surface area contributed by atoms with Crippen LogP contribution >= 0.6 is 0 Å². The first-order chi connectivity index (χ1) is 15.8. The van der Waals surface area contributed by atoms with Crippen LogP contribution in [-0.2, 0) is 58.5 Å². The van der Waals surface area contributed by atoms with E-state index in [1.807, 2.05) is 0 Å². The smallest absolute Gasteiger partial charge is 0.735 e. The topological polar surface area (TPSA) is 331 Å². The molecular formula is C12H17NNa4O19S3. The Labute approximate surface area is 310 Å². The molecule has 0 bridgehead atoms. The molecule has 2 heterocycles. The molecule has 2 aliphatic rings. The van der Waals surface area contributed by atoms with E-state index in [9.17, 15) is 64.1 Å². The number of aliphatic hydroxyl groups excluding tert-OH is 3. The Balaban J connectivity index is -0.00000324. The van der Waals surface area contributed by atoms with E-state index in [1.165, 1.54) is 4.72 Å². The van der Waals surface area contributed by atoms with Crippen molar-refractivity contribution < 1.29 is 205 Å². The van der Waals surface area contributed by atoms with Gasteiger partial charge in [0.2, 0.25) is 20.8 Å². The van der Waals surface area contributed by atoms with E-state index < -0.39 is 105 Å². The Morgan fingerprint density at radius 2 is 1.44 bits per heavy atom. The van der Waals surface area contributed by atoms with Gasteiger partial charge in [0.05, 0.1) is 30.8 Å². The Hall–Kier alpha value is 2.84. The molecule has 0 aromatic carbocycles. The van der Waals surface area contributed by atoms with E-state index in [0.717, 1.165) is 0 Å². The number of hydrogen-bond donors (Lipinski definition) is 4. The summed E-state index contributed by atoms with van der Waals surface area (Å²) in [5.74, 6) is -2.20. The molecule has 2 fully saturated rings. The maximum absolute atomic E-state index is 11.4. The molecule has 27 heteroatoms. The molecule has 0 saturated carbocycles. The monoisotopic (exact) mass is 667 g/mol. The van der Waals surface area contributed by atoms with Gasteiger partial charge in [-0.2, -0.15) is 0 Å². The zero-order chi connectivity index (χ0) is 26.9. The van der Waals surface area contributed by atoms with Crippen molar-refractivity contribution in [2.75, 3.05) is 6.61 Å². The van der Waals surface area contributed by atoms with Gasteiger partial charge in [-0.3, -0.25) is 8.37 Å². The number of carboxylic acids is 1. The van der Waals surface area contributed by atoms with Gasteiger partial charge in [0.25, 0.3) is 0 Å². The Morgan fingerprint density at radius 1 is 0.897 bits per heavy atom. The molecule has 2 saturated heterocycles. The summed E-state index contributed by atoms with van der Waals surface area (Å²) >= 11 is 0. The number of nitrogens with one attached hydrogen (secondary N) is 1. The first kappa shape index (κ1) is 46.3. The van der Waals surface area contributed by atoms with Crippen LogP contribution in [0.25, 0.3) is 0 Å². The maximum atomic E-state index is 11.4. The molecule has 39 heavy (non-hydrogen) atoms. The van der Waals surface area contributed by atoms with Crippen LogP contribution in [0, 0.1) is 0 Å². The van der Waals surface area contributed by atoms with Crippen LogP contribution in [0.1, 0.15) is 6.42 Å². The normalized spacial score (nSPS) is 33.3. The van der Waals surface area contributed by atoms with Gasteiger partial charge in [0.1, 0.15) is 18.3 Å². The average molecular weight is 667 g/mol. The molecular weight excluding hydrogens is 650 g/mol. The summed E-state index contributed by atoms with van der Waals surface area (Å²) < 4.78 is 122. The molecule has 20 nitrogen and oxygen atoms in total. The van der Waals surface area contributed by atoms with Crippen LogP contribution in [0.3, 0.4) is 0 Å². The molecule has 0 aromatic rings. The fourth-order valence-corrected chi connectivity index (χ4v) is 4.59. The summed E-state index contributed by atoms with van der Waals surface area (Å²) in [7, 11) is -16.3. The first-order valence-electron chi connectivity index (χ1n) is 8.96. The van der Waals surface area contributed by atoms with E-state index in [4.69, 9.17) is 9.47 Å². The van der Waals surface area contributed by atoms with E-state index in [-0.39, 0.29) is 118 Å². The van der Waals surface area contributed by atoms with Crippen molar-refractivity contribution in [2.45, 2.75) is 61.7 Å². The number of carbonyl (C=O) groups is 1. The molecule has 0 aliphatic carbocycles. The van der Waals surface area contributed by atoms with Crippen LogP contribution in [-0.4, -0.2) is 122 Å². The van der Waals surface area contributed by atoms with Crippen molar-refractivity contribution in [1.29, 1.82) is 0 Å². The van der Waals surface area contributed by atoms with Crippen LogP contribution in [0.4, 0.5) is 0 Å². The number of hydrogen-bond acceptors (Lipinski definition) is 19. The molecule has 206 valence electrons. The van der Waals surface area contributed by atoms with Crippen molar-refractivity contribution in [1.82, 2.24) is 4.72 Å². The molecule has 9 atom stereocenters. The number of carbonyl (C=O) groups excluding carboxylic acids is 1. The van der Waals surface area contributed by atoms with Crippen molar-refractivity contribution in [3.05, 3.63) is 0 Å². The second-order valence-corrected chi connectivity index (χ2v) is 10.3. The molecule has 0 aromatic heterocycles. The molecule has 2 rings (SSSR count). The number of carboxylic acid groups (broad SMARTS) is 1. The average Bonchev–Trinajstić information content (AvgIpc) is 2.65. The number of rotatable bonds is 10. The third kappa shape index (κ3) is 15.6. The zero-order valence-corrected chi connectivity index (χ0v) is 31.2. The van der Waals surface area contributed by atoms with Gasteiger partial charge in [0, 0.05) is 6.42 Å². The summed E-state index contributed by atoms with van der Waals surface area (Å²) in [4.78, 5) is 11.4. The molecule has 5 unspecified atom stereocenters. The molecule has 0 radical (unpaired) electrons. The molecule has 0 spiro atoms. The van der Waals surface area contributed by atoms with Gasteiger partial charge < -0.3 is 53.1 Å². The zero-order valence-electron chi connectivity index (χ0n) is 20.7. The Bertz CT molecular complexity index is 1090. The Morgan fingerprint density at radius 3 is 1.87 bits per heavy atom. The summed E-state index contributed by atoms with van der Waals surface area (Å²) in [6.07, 6.45) is -18.9. The van der Waals surface area contributed by atoms with Crippen molar-refractivity contribution in [2.24, 2.45) is 0 Å². The van der Waals surface area contributed by atoms with Crippen molar-refractivity contribution in [3.63, 3.8) is 0 Å². The van der Waals surface area contributed by atoms with E-state index in [2.05, 4.69) is 13.1 Å². The standard InChI is InChI=1S/C12H21NO19S3.4Na/c14-4-1-3(2-28-34(22,23)24)29-12(5(4)13-33(19,20)21)31-7-6(15)8(32-35(25,26)27)11(18)30-9(7)10(16)17;;;;/h3-9,11-15,18H,1-2H2,(H,16,17)(H,19,20,21)(H,22,23,24)(H,25,26,27);;;;/q;4*+1/p-4/t3?,4-,5?,6-,7+,8?,9?,11?,12-;;;;/m0..../s1. The first-order valence-corrected chi connectivity index (χ1v) is 13.0. The fraction of sp³-hybridized carbons (Fsp3) is 0.917. The van der Waals surface area contributed by atoms with E-state index in [0.29, 0.717) is 0 Å². The largest absolute Gasteiger partial charge is 1.00 e. The van der Waals surface area contributed by atoms with Gasteiger partial charge in [-0.15, -0.1) is 0 Å². The molecule has 2 aliphatic heterocycles. The predicted octanol–water partition coefficient (Wildman–Crippen LogP) is -19.6. The second-order valence-electron chi connectivity index (χ2n) is 7.05. The number of aliphatic hydroxyl groups is 3. The fourth-order valence-electron chi connectivity index (χ4n) is 3.19. The van der Waals surface area contributed by atoms with Crippen molar-refractivity contribution in [3.8, 4) is 0 Å². The minimum atomic E-state index is -5.63. The van der Waals surface area contributed by atoms with Gasteiger partial charge in [-0.05, 0) is 0 Å². The van der Waals surface area contributed by atoms with Crippen LogP contribution < -0.4 is 128 Å². The molecule has 0 amide bonds. The van der Waals surface area contributed by atoms with Crippen LogP contribution in [0.5, 0.6) is 0 Å². The summed E-state index contributed by atoms with van der Waals surface area (Å²) in [6.45, 7) is -1.08. The van der Waals surface area contributed by atoms with Crippen molar-refractivity contribution >= 4 is 37.1 Å². The minimum Gasteiger partial charge on any atom is -0.735 e. The van der Waals surface area contributed by atoms with Crippen LogP contribution in [0.2, 0.25) is 0 Å². The van der Waals surface area contributed by atoms with Crippen LogP contribution in [0.15, 0.2) is 0 Å². The third-order valence-electron chi connectivity index (χ3n) is 4.51. The predicted molar refractivity (Wildman–Crippen MR) is 92.9 cm³/mol.